The average molecular weight is 436 g/mol. The van der Waals surface area contributed by atoms with E-state index in [4.69, 9.17) is 0 Å². The van der Waals surface area contributed by atoms with Crippen molar-refractivity contribution in [2.45, 2.75) is 55.4 Å². The zero-order valence-electron chi connectivity index (χ0n) is 16.8. The fourth-order valence-corrected chi connectivity index (χ4v) is 6.23. The molecule has 1 aliphatic heterocycles. The van der Waals surface area contributed by atoms with Crippen molar-refractivity contribution in [2.24, 2.45) is 7.05 Å². The van der Waals surface area contributed by atoms with Crippen molar-refractivity contribution in [3.63, 3.8) is 0 Å². The van der Waals surface area contributed by atoms with E-state index in [9.17, 15) is 23.3 Å². The summed E-state index contributed by atoms with van der Waals surface area (Å²) in [7, 11) is -2.33. The second kappa shape index (κ2) is 7.95. The Labute approximate surface area is 174 Å². The number of rotatable bonds is 5. The molecule has 1 aromatic carbocycles. The van der Waals surface area contributed by atoms with Gasteiger partial charge in [-0.2, -0.15) is 9.40 Å². The summed E-state index contributed by atoms with van der Waals surface area (Å²) in [5, 5.41) is 15.7. The lowest BCUT2D eigenvalue weighted by Gasteiger charge is -2.31. The van der Waals surface area contributed by atoms with Gasteiger partial charge in [-0.1, -0.05) is 25.0 Å². The van der Waals surface area contributed by atoms with Crippen molar-refractivity contribution in [1.82, 2.24) is 18.7 Å². The number of nitrogens with zero attached hydrogens (tertiary/aromatic N) is 5. The average Bonchev–Trinajstić information content (AvgIpc) is 3.36. The van der Waals surface area contributed by atoms with E-state index in [2.05, 4.69) is 5.10 Å². The van der Waals surface area contributed by atoms with E-state index in [-0.39, 0.29) is 35.6 Å². The summed E-state index contributed by atoms with van der Waals surface area (Å²) < 4.78 is 30.5. The Bertz CT molecular complexity index is 1110. The summed E-state index contributed by atoms with van der Waals surface area (Å²) in [6, 6.07) is 5.58. The van der Waals surface area contributed by atoms with E-state index in [0.717, 1.165) is 31.5 Å². The van der Waals surface area contributed by atoms with Gasteiger partial charge in [-0.3, -0.25) is 14.7 Å². The molecule has 1 saturated carbocycles. The molecule has 2 heterocycles. The van der Waals surface area contributed by atoms with Crippen LogP contribution in [0.5, 0.6) is 0 Å². The minimum atomic E-state index is -3.97. The van der Waals surface area contributed by atoms with Crippen LogP contribution < -0.4 is 5.69 Å². The highest BCUT2D eigenvalue weighted by Gasteiger charge is 2.36. The van der Waals surface area contributed by atoms with Gasteiger partial charge in [0.25, 0.3) is 5.69 Å². The first kappa shape index (κ1) is 20.7. The molecule has 30 heavy (non-hydrogen) atoms. The maximum absolute atomic E-state index is 13.0. The van der Waals surface area contributed by atoms with Crippen molar-refractivity contribution in [2.75, 3.05) is 13.1 Å². The number of aromatic nitrogens is 3. The van der Waals surface area contributed by atoms with Crippen LogP contribution in [0.1, 0.15) is 56.3 Å². The lowest BCUT2D eigenvalue weighted by molar-refractivity contribution is -0.387. The molecule has 1 aromatic heterocycles. The molecule has 0 bridgehead atoms. The van der Waals surface area contributed by atoms with Crippen LogP contribution >= 0.6 is 0 Å². The normalized spacial score (nSPS) is 19.4. The maximum Gasteiger partial charge on any atom is 0.345 e. The van der Waals surface area contributed by atoms with Crippen molar-refractivity contribution < 1.29 is 13.3 Å². The van der Waals surface area contributed by atoms with E-state index in [1.165, 1.54) is 33.3 Å². The Hall–Kier alpha value is -2.53. The van der Waals surface area contributed by atoms with Gasteiger partial charge >= 0.3 is 5.69 Å². The number of nitro benzene ring substituents is 1. The maximum atomic E-state index is 13.0. The van der Waals surface area contributed by atoms with Gasteiger partial charge < -0.3 is 0 Å². The van der Waals surface area contributed by atoms with Gasteiger partial charge in [0.05, 0.1) is 4.92 Å². The summed E-state index contributed by atoms with van der Waals surface area (Å²) in [5.41, 5.74) is -0.536. The lowest BCUT2D eigenvalue weighted by Crippen LogP contribution is -2.39. The standard InChI is InChI=1S/C19H25N5O5S/c1-21-19(25)23(15-6-2-3-7-15)18(20-21)14-10-12-22(13-11-14)30(28,29)17-9-5-4-8-16(17)24(26)27/h4-5,8-9,14-15H,2-3,6-7,10-13H2,1H3. The smallest absolute Gasteiger partial charge is 0.276 e. The van der Waals surface area contributed by atoms with Crippen LogP contribution in [-0.4, -0.2) is 45.1 Å². The molecule has 0 N–H and O–H groups in total. The fraction of sp³-hybridized carbons (Fsp3) is 0.579. The molecule has 0 radical (unpaired) electrons. The van der Waals surface area contributed by atoms with Gasteiger partial charge in [0.2, 0.25) is 10.0 Å². The number of aryl methyl sites for hydroxylation is 1. The fourth-order valence-electron chi connectivity index (χ4n) is 4.60. The third-order valence-electron chi connectivity index (χ3n) is 6.17. The second-order valence-electron chi connectivity index (χ2n) is 7.98. The van der Waals surface area contributed by atoms with E-state index < -0.39 is 20.6 Å². The molecular formula is C19H25N5O5S. The molecule has 1 aliphatic carbocycles. The first-order chi connectivity index (χ1) is 14.3. The lowest BCUT2D eigenvalue weighted by atomic mass is 9.97. The van der Waals surface area contributed by atoms with Gasteiger partial charge in [-0.25, -0.2) is 17.9 Å². The highest BCUT2D eigenvalue weighted by molar-refractivity contribution is 7.89. The SMILES string of the molecule is Cn1nc(C2CCN(S(=O)(=O)c3ccccc3[N+](=O)[O-])CC2)n(C2CCCC2)c1=O. The van der Waals surface area contributed by atoms with Crippen molar-refractivity contribution in [3.05, 3.63) is 50.7 Å². The predicted molar refractivity (Wildman–Crippen MR) is 109 cm³/mol. The highest BCUT2D eigenvalue weighted by atomic mass is 32.2. The summed E-state index contributed by atoms with van der Waals surface area (Å²) >= 11 is 0. The number of piperidine rings is 1. The highest BCUT2D eigenvalue weighted by Crippen LogP contribution is 2.35. The van der Waals surface area contributed by atoms with E-state index >= 15 is 0 Å². The molecule has 162 valence electrons. The van der Waals surface area contributed by atoms with Crippen LogP contribution in [-0.2, 0) is 17.1 Å². The number of sulfonamides is 1. The largest absolute Gasteiger partial charge is 0.345 e. The van der Waals surface area contributed by atoms with Crippen LogP contribution in [0, 0.1) is 10.1 Å². The van der Waals surface area contributed by atoms with Crippen molar-refractivity contribution >= 4 is 15.7 Å². The molecule has 2 aliphatic rings. The van der Waals surface area contributed by atoms with E-state index in [0.29, 0.717) is 12.8 Å². The second-order valence-corrected chi connectivity index (χ2v) is 9.88. The Morgan fingerprint density at radius 1 is 1.10 bits per heavy atom. The number of benzene rings is 1. The van der Waals surface area contributed by atoms with Gasteiger partial charge in [-0.05, 0) is 31.7 Å². The zero-order chi connectivity index (χ0) is 21.5. The van der Waals surface area contributed by atoms with Crippen LogP contribution in [0.2, 0.25) is 0 Å². The molecule has 2 aromatic rings. The quantitative estimate of drug-likeness (QED) is 0.524. The van der Waals surface area contributed by atoms with Gasteiger partial charge in [0, 0.05) is 38.2 Å². The Kier molecular flexibility index (Phi) is 5.49. The van der Waals surface area contributed by atoms with Crippen LogP contribution in [0.4, 0.5) is 5.69 Å². The Morgan fingerprint density at radius 2 is 1.73 bits per heavy atom. The van der Waals surface area contributed by atoms with Gasteiger partial charge in [0.1, 0.15) is 5.82 Å². The number of hydrogen-bond donors (Lipinski definition) is 0. The predicted octanol–water partition coefficient (Wildman–Crippen LogP) is 2.17. The van der Waals surface area contributed by atoms with Crippen LogP contribution in [0.3, 0.4) is 0 Å². The first-order valence-corrected chi connectivity index (χ1v) is 11.6. The summed E-state index contributed by atoms with van der Waals surface area (Å²) in [6.45, 7) is 0.461. The Morgan fingerprint density at radius 3 is 2.37 bits per heavy atom. The molecule has 0 spiro atoms. The monoisotopic (exact) mass is 435 g/mol. The van der Waals surface area contributed by atoms with E-state index in [1.54, 1.807) is 7.05 Å². The summed E-state index contributed by atoms with van der Waals surface area (Å²) in [6.07, 6.45) is 5.15. The minimum Gasteiger partial charge on any atom is -0.276 e. The number of para-hydroxylation sites is 1. The van der Waals surface area contributed by atoms with Gasteiger partial charge in [0.15, 0.2) is 4.90 Å². The molecule has 2 fully saturated rings. The molecule has 1 saturated heterocycles. The van der Waals surface area contributed by atoms with Gasteiger partial charge in [-0.15, -0.1) is 0 Å². The molecule has 4 rings (SSSR count). The zero-order valence-corrected chi connectivity index (χ0v) is 17.6. The van der Waals surface area contributed by atoms with Crippen LogP contribution in [0.25, 0.3) is 0 Å². The minimum absolute atomic E-state index is 0.0169. The van der Waals surface area contributed by atoms with Crippen LogP contribution in [0.15, 0.2) is 34.0 Å². The number of hydrogen-bond acceptors (Lipinski definition) is 6. The molecule has 0 atom stereocenters. The third kappa shape index (κ3) is 3.56. The molecular weight excluding hydrogens is 410 g/mol. The summed E-state index contributed by atoms with van der Waals surface area (Å²) in [5.74, 6) is 0.717. The molecule has 0 unspecified atom stereocenters. The van der Waals surface area contributed by atoms with Crippen molar-refractivity contribution in [1.29, 1.82) is 0 Å². The first-order valence-electron chi connectivity index (χ1n) is 10.2. The number of nitro groups is 1. The molecule has 10 nitrogen and oxygen atoms in total. The third-order valence-corrected chi connectivity index (χ3v) is 8.12. The summed E-state index contributed by atoms with van der Waals surface area (Å²) in [4.78, 5) is 22.9. The Balaban J connectivity index is 1.56. The topological polar surface area (TPSA) is 120 Å². The molecule has 0 amide bonds. The van der Waals surface area contributed by atoms with Crippen molar-refractivity contribution in [3.8, 4) is 0 Å². The van der Waals surface area contributed by atoms with E-state index in [1.807, 2.05) is 4.57 Å². The molecule has 11 heteroatoms.